The van der Waals surface area contributed by atoms with Gasteiger partial charge in [-0.25, -0.2) is 4.39 Å². The summed E-state index contributed by atoms with van der Waals surface area (Å²) >= 11 is 0. The van der Waals surface area contributed by atoms with Crippen molar-refractivity contribution in [1.29, 1.82) is 0 Å². The maximum Gasteiger partial charge on any atom is 0.433 e. The molecule has 184 valence electrons. The summed E-state index contributed by atoms with van der Waals surface area (Å²) in [5.74, 6) is -0.618. The number of hydrogen-bond donors (Lipinski definition) is 0. The normalized spacial score (nSPS) is 14.9. The molecule has 1 aliphatic carbocycles. The molecule has 2 atom stereocenters. The zero-order valence-corrected chi connectivity index (χ0v) is 19.8. The number of aromatic nitrogens is 1. The van der Waals surface area contributed by atoms with Gasteiger partial charge < -0.3 is 4.90 Å². The number of fused-ring (bicyclic) bond motifs is 1. The minimum absolute atomic E-state index is 0.130. The Labute approximate surface area is 202 Å². The van der Waals surface area contributed by atoms with Crippen LogP contribution in [0.4, 0.5) is 17.6 Å². The van der Waals surface area contributed by atoms with Crippen LogP contribution in [-0.2, 0) is 30.4 Å². The van der Waals surface area contributed by atoms with Crippen molar-refractivity contribution >= 4 is 5.91 Å². The van der Waals surface area contributed by atoms with Crippen LogP contribution in [0.25, 0.3) is 0 Å². The highest BCUT2D eigenvalue weighted by Gasteiger charge is 2.32. The second-order valence-electron chi connectivity index (χ2n) is 9.29. The van der Waals surface area contributed by atoms with Crippen LogP contribution < -0.4 is 0 Å². The number of aryl methyl sites for hydroxylation is 2. The Morgan fingerprint density at radius 1 is 0.971 bits per heavy atom. The Morgan fingerprint density at radius 3 is 2.31 bits per heavy atom. The molecule has 1 aliphatic rings. The van der Waals surface area contributed by atoms with E-state index in [2.05, 4.69) is 17.1 Å². The first-order chi connectivity index (χ1) is 16.6. The van der Waals surface area contributed by atoms with Crippen molar-refractivity contribution in [3.8, 4) is 0 Å². The van der Waals surface area contributed by atoms with E-state index in [9.17, 15) is 22.4 Å². The molecule has 0 saturated heterocycles. The maximum absolute atomic E-state index is 13.5. The van der Waals surface area contributed by atoms with E-state index in [-0.39, 0.29) is 36.6 Å². The SMILES string of the molecule is C[C@H](CC(=O)N(Cc1ccc(C(F)(F)F)nc1)[C@@H](C)c1ccc2c(c1)CCC2)c1ccc(F)cc1. The number of alkyl halides is 3. The van der Waals surface area contributed by atoms with Gasteiger partial charge in [-0.05, 0) is 78.1 Å². The van der Waals surface area contributed by atoms with E-state index in [0.29, 0.717) is 5.56 Å². The lowest BCUT2D eigenvalue weighted by Gasteiger charge is -2.31. The van der Waals surface area contributed by atoms with Gasteiger partial charge in [-0.2, -0.15) is 13.2 Å². The van der Waals surface area contributed by atoms with E-state index >= 15 is 0 Å². The smallest absolute Gasteiger partial charge is 0.332 e. The fraction of sp³-hybridized carbons (Fsp3) is 0.357. The van der Waals surface area contributed by atoms with Crippen LogP contribution in [0.2, 0.25) is 0 Å². The molecule has 0 saturated carbocycles. The van der Waals surface area contributed by atoms with Crippen molar-refractivity contribution in [3.63, 3.8) is 0 Å². The molecule has 7 heteroatoms. The summed E-state index contributed by atoms with van der Waals surface area (Å²) in [5.41, 5.74) is 4.02. The van der Waals surface area contributed by atoms with Crippen LogP contribution in [0.15, 0.2) is 60.8 Å². The first kappa shape index (κ1) is 24.9. The highest BCUT2D eigenvalue weighted by atomic mass is 19.4. The van der Waals surface area contributed by atoms with Crippen LogP contribution in [0.1, 0.15) is 72.2 Å². The third-order valence-electron chi connectivity index (χ3n) is 6.78. The molecule has 4 rings (SSSR count). The molecule has 3 aromatic rings. The van der Waals surface area contributed by atoms with Gasteiger partial charge in [0.05, 0.1) is 6.04 Å². The van der Waals surface area contributed by atoms with Gasteiger partial charge in [-0.3, -0.25) is 9.78 Å². The number of hydrogen-bond acceptors (Lipinski definition) is 2. The lowest BCUT2D eigenvalue weighted by Crippen LogP contribution is -2.34. The Morgan fingerprint density at radius 2 is 1.66 bits per heavy atom. The molecule has 1 heterocycles. The average Bonchev–Trinajstić information content (AvgIpc) is 3.30. The average molecular weight is 485 g/mol. The van der Waals surface area contributed by atoms with E-state index in [0.717, 1.165) is 36.5 Å². The van der Waals surface area contributed by atoms with Gasteiger partial charge in [0.2, 0.25) is 5.91 Å². The van der Waals surface area contributed by atoms with Gasteiger partial charge in [0.25, 0.3) is 0 Å². The first-order valence-corrected chi connectivity index (χ1v) is 11.8. The molecule has 0 spiro atoms. The predicted octanol–water partition coefficient (Wildman–Crippen LogP) is 7.01. The van der Waals surface area contributed by atoms with Gasteiger partial charge in [-0.1, -0.05) is 43.3 Å². The fourth-order valence-corrected chi connectivity index (χ4v) is 4.64. The molecule has 0 radical (unpaired) electrons. The molecular formula is C28H28F4N2O. The van der Waals surface area contributed by atoms with Crippen molar-refractivity contribution in [1.82, 2.24) is 9.88 Å². The first-order valence-electron chi connectivity index (χ1n) is 11.8. The highest BCUT2D eigenvalue weighted by Crippen LogP contribution is 2.31. The maximum atomic E-state index is 13.5. The Hall–Kier alpha value is -3.22. The molecule has 3 nitrogen and oxygen atoms in total. The number of pyridine rings is 1. The molecule has 0 aliphatic heterocycles. The summed E-state index contributed by atoms with van der Waals surface area (Å²) in [4.78, 5) is 18.8. The van der Waals surface area contributed by atoms with Crippen LogP contribution in [-0.4, -0.2) is 15.8 Å². The van der Waals surface area contributed by atoms with E-state index in [1.54, 1.807) is 17.0 Å². The summed E-state index contributed by atoms with van der Waals surface area (Å²) in [7, 11) is 0. The summed E-state index contributed by atoms with van der Waals surface area (Å²) < 4.78 is 52.2. The second kappa shape index (κ2) is 10.2. The van der Waals surface area contributed by atoms with Crippen molar-refractivity contribution in [2.24, 2.45) is 0 Å². The summed E-state index contributed by atoms with van der Waals surface area (Å²) in [5, 5.41) is 0. The molecule has 1 aromatic heterocycles. The number of carbonyl (C=O) groups is 1. The summed E-state index contributed by atoms with van der Waals surface area (Å²) in [6.07, 6.45) is 0.0305. The largest absolute Gasteiger partial charge is 0.433 e. The van der Waals surface area contributed by atoms with E-state index in [1.807, 2.05) is 19.9 Å². The number of carbonyl (C=O) groups excluding carboxylic acids is 1. The highest BCUT2D eigenvalue weighted by molar-refractivity contribution is 5.77. The van der Waals surface area contributed by atoms with Crippen molar-refractivity contribution < 1.29 is 22.4 Å². The lowest BCUT2D eigenvalue weighted by molar-refractivity contribution is -0.141. The standard InChI is InChI=1S/C28H28F4N2O/c1-18(21-9-11-25(29)12-10-21)14-27(35)34(17-20-6-13-26(33-16-20)28(30,31)32)19(2)23-8-7-22-4-3-5-24(22)15-23/h6-13,15-16,18-19H,3-5,14,17H2,1-2H3/t18-,19+/m1/s1. The Kier molecular flexibility index (Phi) is 7.24. The second-order valence-corrected chi connectivity index (χ2v) is 9.29. The van der Waals surface area contributed by atoms with Gasteiger partial charge in [0, 0.05) is 19.2 Å². The molecular weight excluding hydrogens is 456 g/mol. The van der Waals surface area contributed by atoms with E-state index in [4.69, 9.17) is 0 Å². The fourth-order valence-electron chi connectivity index (χ4n) is 4.64. The summed E-state index contributed by atoms with van der Waals surface area (Å²) in [6.45, 7) is 3.98. The molecule has 35 heavy (non-hydrogen) atoms. The van der Waals surface area contributed by atoms with Gasteiger partial charge in [-0.15, -0.1) is 0 Å². The summed E-state index contributed by atoms with van der Waals surface area (Å²) in [6, 6.07) is 14.4. The zero-order valence-electron chi connectivity index (χ0n) is 19.8. The zero-order chi connectivity index (χ0) is 25.2. The van der Waals surface area contributed by atoms with Gasteiger partial charge in [0.1, 0.15) is 11.5 Å². The molecule has 0 fully saturated rings. The molecule has 2 aromatic carbocycles. The Balaban J connectivity index is 1.59. The number of rotatable bonds is 7. The third kappa shape index (κ3) is 5.89. The lowest BCUT2D eigenvalue weighted by atomic mass is 9.95. The van der Waals surface area contributed by atoms with Crippen molar-refractivity contribution in [2.45, 2.75) is 64.2 Å². The third-order valence-corrected chi connectivity index (χ3v) is 6.78. The monoisotopic (exact) mass is 484 g/mol. The van der Waals surface area contributed by atoms with Crippen LogP contribution in [0, 0.1) is 5.82 Å². The molecule has 0 unspecified atom stereocenters. The number of halogens is 4. The number of benzene rings is 2. The number of amides is 1. The Bertz CT molecular complexity index is 1170. The van der Waals surface area contributed by atoms with Gasteiger partial charge >= 0.3 is 6.18 Å². The minimum atomic E-state index is -4.52. The van der Waals surface area contributed by atoms with Crippen LogP contribution >= 0.6 is 0 Å². The van der Waals surface area contributed by atoms with Crippen LogP contribution in [0.3, 0.4) is 0 Å². The number of nitrogens with zero attached hydrogens (tertiary/aromatic N) is 2. The van der Waals surface area contributed by atoms with Gasteiger partial charge in [0.15, 0.2) is 0 Å². The van der Waals surface area contributed by atoms with E-state index in [1.165, 1.54) is 35.5 Å². The molecule has 0 bridgehead atoms. The van der Waals surface area contributed by atoms with E-state index < -0.39 is 11.9 Å². The topological polar surface area (TPSA) is 33.2 Å². The van der Waals surface area contributed by atoms with Crippen LogP contribution in [0.5, 0.6) is 0 Å². The van der Waals surface area contributed by atoms with Crippen molar-refractivity contribution in [2.75, 3.05) is 0 Å². The molecule has 1 amide bonds. The van der Waals surface area contributed by atoms with Crippen molar-refractivity contribution in [3.05, 3.63) is 100 Å². The minimum Gasteiger partial charge on any atom is -0.332 e. The quantitative estimate of drug-likeness (QED) is 0.338. The molecule has 0 N–H and O–H groups in total. The predicted molar refractivity (Wildman–Crippen MR) is 126 cm³/mol.